The van der Waals surface area contributed by atoms with Crippen LogP contribution in [0, 0.1) is 0 Å². The molecule has 0 radical (unpaired) electrons. The molecule has 9 heteroatoms. The molecule has 1 atom stereocenters. The molecule has 0 aliphatic carbocycles. The van der Waals surface area contributed by atoms with Crippen molar-refractivity contribution in [3.63, 3.8) is 0 Å². The fourth-order valence-electron chi connectivity index (χ4n) is 4.29. The van der Waals surface area contributed by atoms with Crippen LogP contribution >= 0.6 is 11.6 Å². The first-order chi connectivity index (χ1) is 16.5. The Morgan fingerprint density at radius 2 is 1.85 bits per heavy atom. The third kappa shape index (κ3) is 5.46. The summed E-state index contributed by atoms with van der Waals surface area (Å²) < 4.78 is 10.7. The van der Waals surface area contributed by atoms with Crippen LogP contribution in [0.1, 0.15) is 18.5 Å². The lowest BCUT2D eigenvalue weighted by molar-refractivity contribution is -0.139. The number of piperazine rings is 1. The molecule has 2 heterocycles. The topological polar surface area (TPSA) is 83.1 Å². The summed E-state index contributed by atoms with van der Waals surface area (Å²) in [6.45, 7) is 5.66. The third-order valence-corrected chi connectivity index (χ3v) is 6.28. The Balaban J connectivity index is 1.54. The van der Waals surface area contributed by atoms with Crippen molar-refractivity contribution < 1.29 is 19.1 Å². The number of anilines is 1. The number of esters is 1. The molecular weight excluding hydrogens is 456 g/mol. The molecule has 0 unspecified atom stereocenters. The summed E-state index contributed by atoms with van der Waals surface area (Å²) in [5.41, 5.74) is 2.86. The number of rotatable bonds is 7. The van der Waals surface area contributed by atoms with E-state index in [1.807, 2.05) is 30.3 Å². The van der Waals surface area contributed by atoms with Crippen LogP contribution in [0.3, 0.4) is 0 Å². The lowest BCUT2D eigenvalue weighted by Crippen LogP contribution is -2.51. The van der Waals surface area contributed by atoms with Crippen LogP contribution in [0.2, 0.25) is 5.02 Å². The minimum Gasteiger partial charge on any atom is -0.497 e. The highest BCUT2D eigenvalue weighted by molar-refractivity contribution is 6.30. The van der Waals surface area contributed by atoms with Gasteiger partial charge in [-0.15, -0.1) is 0 Å². The number of hydrogen-bond donors (Lipinski definition) is 2. The van der Waals surface area contributed by atoms with Crippen molar-refractivity contribution in [2.75, 3.05) is 51.3 Å². The molecule has 2 amide bonds. The van der Waals surface area contributed by atoms with Gasteiger partial charge in [0.25, 0.3) is 0 Å². The molecule has 4 rings (SSSR count). The molecule has 0 aromatic heterocycles. The average molecular weight is 485 g/mol. The van der Waals surface area contributed by atoms with E-state index in [1.54, 1.807) is 26.2 Å². The van der Waals surface area contributed by atoms with Crippen LogP contribution in [0.25, 0.3) is 0 Å². The van der Waals surface area contributed by atoms with Gasteiger partial charge < -0.3 is 25.0 Å². The minimum absolute atomic E-state index is 0.246. The van der Waals surface area contributed by atoms with Crippen LogP contribution in [0.5, 0.6) is 5.75 Å². The van der Waals surface area contributed by atoms with Crippen molar-refractivity contribution in [1.82, 2.24) is 15.5 Å². The third-order valence-electron chi connectivity index (χ3n) is 6.02. The number of halogens is 1. The maximum absolute atomic E-state index is 13.0. The Morgan fingerprint density at radius 3 is 2.53 bits per heavy atom. The summed E-state index contributed by atoms with van der Waals surface area (Å²) in [5.74, 6) is 0.384. The number of urea groups is 1. The van der Waals surface area contributed by atoms with Crippen molar-refractivity contribution in [2.45, 2.75) is 13.0 Å². The second-order valence-corrected chi connectivity index (χ2v) is 8.60. The van der Waals surface area contributed by atoms with Crippen molar-refractivity contribution in [2.24, 2.45) is 0 Å². The number of hydrogen-bond acceptors (Lipinski definition) is 6. The van der Waals surface area contributed by atoms with E-state index < -0.39 is 12.0 Å². The predicted octanol–water partition coefficient (Wildman–Crippen LogP) is 3.34. The van der Waals surface area contributed by atoms with Gasteiger partial charge in [-0.3, -0.25) is 4.90 Å². The number of methoxy groups -OCH3 is 1. The van der Waals surface area contributed by atoms with Gasteiger partial charge in [0.15, 0.2) is 0 Å². The number of carbonyl (C=O) groups excluding carboxylic acids is 2. The highest BCUT2D eigenvalue weighted by atomic mass is 35.5. The predicted molar refractivity (Wildman–Crippen MR) is 131 cm³/mol. The van der Waals surface area contributed by atoms with Gasteiger partial charge >= 0.3 is 12.0 Å². The Morgan fingerprint density at radius 1 is 1.12 bits per heavy atom. The van der Waals surface area contributed by atoms with E-state index in [2.05, 4.69) is 26.5 Å². The molecule has 2 aliphatic heterocycles. The Labute approximate surface area is 204 Å². The summed E-state index contributed by atoms with van der Waals surface area (Å²) in [4.78, 5) is 30.0. The van der Waals surface area contributed by atoms with Gasteiger partial charge in [-0.2, -0.15) is 0 Å². The standard InChI is InChI=1S/C25H29ClN4O4/c1-3-34-24(31)22-21(27-25(32)28-23(22)17-7-9-18(26)10-8-17)16-29-11-13-30(14-12-29)19-5-4-6-20(15-19)33-2/h4-10,15,23H,3,11-14,16H2,1-2H3,(H2,27,28,32)/t23-/m0/s1. The smallest absolute Gasteiger partial charge is 0.338 e. The Hall–Kier alpha value is -3.23. The Bertz CT molecular complexity index is 1060. The maximum Gasteiger partial charge on any atom is 0.338 e. The molecular formula is C25H29ClN4O4. The van der Waals surface area contributed by atoms with Crippen molar-refractivity contribution in [3.05, 3.63) is 70.4 Å². The van der Waals surface area contributed by atoms with Crippen LogP contribution in [0.15, 0.2) is 59.8 Å². The normalized spacial score (nSPS) is 18.9. The van der Waals surface area contributed by atoms with Crippen molar-refractivity contribution in [1.29, 1.82) is 0 Å². The molecule has 34 heavy (non-hydrogen) atoms. The summed E-state index contributed by atoms with van der Waals surface area (Å²) >= 11 is 6.04. The molecule has 1 saturated heterocycles. The van der Waals surface area contributed by atoms with Crippen LogP contribution in [0.4, 0.5) is 10.5 Å². The van der Waals surface area contributed by atoms with Crippen LogP contribution in [-0.2, 0) is 9.53 Å². The van der Waals surface area contributed by atoms with E-state index in [-0.39, 0.29) is 12.6 Å². The summed E-state index contributed by atoms with van der Waals surface area (Å²) in [6, 6.07) is 14.2. The zero-order valence-electron chi connectivity index (χ0n) is 19.3. The van der Waals surface area contributed by atoms with Gasteiger partial charge in [0, 0.05) is 55.2 Å². The summed E-state index contributed by atoms with van der Waals surface area (Å²) in [6.07, 6.45) is 0. The quantitative estimate of drug-likeness (QED) is 0.586. The van der Waals surface area contributed by atoms with Gasteiger partial charge in [0.1, 0.15) is 5.75 Å². The molecule has 1 fully saturated rings. The SMILES string of the molecule is CCOC(=O)C1=C(CN2CCN(c3cccc(OC)c3)CC2)NC(=O)N[C@H]1c1ccc(Cl)cc1. The van der Waals surface area contributed by atoms with Crippen LogP contribution in [-0.4, -0.2) is 63.3 Å². The monoisotopic (exact) mass is 484 g/mol. The molecule has 2 aromatic rings. The molecule has 2 N–H and O–H groups in total. The zero-order chi connectivity index (χ0) is 24.1. The second kappa shape index (κ2) is 10.8. The highest BCUT2D eigenvalue weighted by Gasteiger charge is 2.34. The van der Waals surface area contributed by atoms with Gasteiger partial charge in [0.2, 0.25) is 0 Å². The van der Waals surface area contributed by atoms with Crippen LogP contribution < -0.4 is 20.3 Å². The number of ether oxygens (including phenoxy) is 2. The lowest BCUT2D eigenvalue weighted by atomic mass is 9.95. The van der Waals surface area contributed by atoms with E-state index >= 15 is 0 Å². The lowest BCUT2D eigenvalue weighted by Gasteiger charge is -2.38. The van der Waals surface area contributed by atoms with Gasteiger partial charge in [0.05, 0.1) is 25.3 Å². The highest BCUT2D eigenvalue weighted by Crippen LogP contribution is 2.29. The van der Waals surface area contributed by atoms with E-state index in [0.717, 1.165) is 43.2 Å². The van der Waals surface area contributed by atoms with Gasteiger partial charge in [-0.1, -0.05) is 29.8 Å². The molecule has 0 saturated carbocycles. The largest absolute Gasteiger partial charge is 0.497 e. The van der Waals surface area contributed by atoms with Crippen molar-refractivity contribution >= 4 is 29.3 Å². The van der Waals surface area contributed by atoms with E-state index in [1.165, 1.54) is 0 Å². The first kappa shape index (κ1) is 23.9. The average Bonchev–Trinajstić information content (AvgIpc) is 2.85. The number of nitrogens with zero attached hydrogens (tertiary/aromatic N) is 2. The second-order valence-electron chi connectivity index (χ2n) is 8.16. The van der Waals surface area contributed by atoms with E-state index in [4.69, 9.17) is 21.1 Å². The molecule has 180 valence electrons. The Kier molecular flexibility index (Phi) is 7.59. The molecule has 8 nitrogen and oxygen atoms in total. The maximum atomic E-state index is 13.0. The first-order valence-electron chi connectivity index (χ1n) is 11.3. The number of nitrogens with one attached hydrogen (secondary N) is 2. The molecule has 0 bridgehead atoms. The zero-order valence-corrected chi connectivity index (χ0v) is 20.1. The number of amides is 2. The first-order valence-corrected chi connectivity index (χ1v) is 11.7. The number of carbonyl (C=O) groups is 2. The van der Waals surface area contributed by atoms with Crippen molar-refractivity contribution in [3.8, 4) is 5.75 Å². The number of benzene rings is 2. The molecule has 2 aliphatic rings. The van der Waals surface area contributed by atoms with Gasteiger partial charge in [-0.05, 0) is 36.8 Å². The van der Waals surface area contributed by atoms with E-state index in [0.29, 0.717) is 22.8 Å². The fraction of sp³-hybridized carbons (Fsp3) is 0.360. The summed E-state index contributed by atoms with van der Waals surface area (Å²) in [7, 11) is 1.66. The minimum atomic E-state index is -0.613. The fourth-order valence-corrected chi connectivity index (χ4v) is 4.42. The molecule has 2 aromatic carbocycles. The van der Waals surface area contributed by atoms with Gasteiger partial charge in [-0.25, -0.2) is 9.59 Å². The molecule has 0 spiro atoms. The van der Waals surface area contributed by atoms with E-state index in [9.17, 15) is 9.59 Å². The summed E-state index contributed by atoms with van der Waals surface area (Å²) in [5, 5.41) is 6.29.